The fourth-order valence-corrected chi connectivity index (χ4v) is 2.94. The normalized spacial score (nSPS) is 10.9. The van der Waals surface area contributed by atoms with E-state index in [9.17, 15) is 4.79 Å². The van der Waals surface area contributed by atoms with E-state index in [1.54, 1.807) is 6.07 Å². The number of nitrogens with one attached hydrogen (secondary N) is 3. The summed E-state index contributed by atoms with van der Waals surface area (Å²) in [5.41, 5.74) is 5.87. The van der Waals surface area contributed by atoms with Crippen LogP contribution in [0.5, 0.6) is 0 Å². The van der Waals surface area contributed by atoms with Gasteiger partial charge in [-0.25, -0.2) is 0 Å². The third-order valence-corrected chi connectivity index (χ3v) is 4.35. The van der Waals surface area contributed by atoms with Crippen LogP contribution in [0.2, 0.25) is 0 Å². The van der Waals surface area contributed by atoms with Crippen molar-refractivity contribution in [3.05, 3.63) is 53.0 Å². The monoisotopic (exact) mass is 352 g/mol. The average Bonchev–Trinajstić information content (AvgIpc) is 3.18. The molecule has 0 unspecified atom stereocenters. The van der Waals surface area contributed by atoms with Gasteiger partial charge >= 0.3 is 0 Å². The van der Waals surface area contributed by atoms with E-state index in [1.807, 2.05) is 49.8 Å². The Morgan fingerprint density at radius 1 is 1.27 bits per heavy atom. The van der Waals surface area contributed by atoms with E-state index in [0.29, 0.717) is 5.69 Å². The number of benzene rings is 1. The van der Waals surface area contributed by atoms with Crippen molar-refractivity contribution in [3.63, 3.8) is 0 Å². The summed E-state index contributed by atoms with van der Waals surface area (Å²) in [4.78, 5) is 12.5. The largest absolute Gasteiger partial charge is 0.321 e. The topological polar surface area (TPSA) is 87.6 Å². The number of amides is 1. The summed E-state index contributed by atoms with van der Waals surface area (Å²) in [7, 11) is 1.90. The van der Waals surface area contributed by atoms with Gasteiger partial charge in [-0.1, -0.05) is 19.1 Å². The minimum absolute atomic E-state index is 0.219. The minimum Gasteiger partial charge on any atom is -0.321 e. The van der Waals surface area contributed by atoms with Gasteiger partial charge in [0.2, 0.25) is 0 Å². The lowest BCUT2D eigenvalue weighted by Crippen LogP contribution is -2.14. The maximum Gasteiger partial charge on any atom is 0.273 e. The van der Waals surface area contributed by atoms with Crippen LogP contribution in [0.4, 0.5) is 5.69 Å². The second-order valence-corrected chi connectivity index (χ2v) is 6.27. The highest BCUT2D eigenvalue weighted by molar-refractivity contribution is 6.03. The van der Waals surface area contributed by atoms with E-state index >= 15 is 0 Å². The molecule has 0 bridgehead atoms. The van der Waals surface area contributed by atoms with Gasteiger partial charge in [-0.3, -0.25) is 14.6 Å². The van der Waals surface area contributed by atoms with Gasteiger partial charge < -0.3 is 10.6 Å². The van der Waals surface area contributed by atoms with Crippen molar-refractivity contribution in [3.8, 4) is 11.3 Å². The first-order chi connectivity index (χ1) is 12.5. The number of rotatable bonds is 6. The first-order valence-electron chi connectivity index (χ1n) is 8.66. The molecule has 3 aromatic rings. The maximum absolute atomic E-state index is 12.5. The molecule has 0 saturated heterocycles. The fraction of sp³-hybridized carbons (Fsp3) is 0.316. The number of aromatic nitrogens is 4. The summed E-state index contributed by atoms with van der Waals surface area (Å²) in [6.45, 7) is 7.66. The number of nitrogens with zero attached hydrogens (tertiary/aromatic N) is 3. The lowest BCUT2D eigenvalue weighted by atomic mass is 10.1. The Kier molecular flexibility index (Phi) is 5.18. The van der Waals surface area contributed by atoms with Gasteiger partial charge in [0.25, 0.3) is 5.91 Å². The highest BCUT2D eigenvalue weighted by Gasteiger charge is 2.17. The van der Waals surface area contributed by atoms with E-state index in [2.05, 4.69) is 32.9 Å². The van der Waals surface area contributed by atoms with Crippen molar-refractivity contribution in [2.75, 3.05) is 11.9 Å². The quantitative estimate of drug-likeness (QED) is 0.636. The Morgan fingerprint density at radius 3 is 2.77 bits per heavy atom. The fourth-order valence-electron chi connectivity index (χ4n) is 2.94. The van der Waals surface area contributed by atoms with Crippen LogP contribution in [-0.4, -0.2) is 32.4 Å². The molecule has 2 heterocycles. The second-order valence-electron chi connectivity index (χ2n) is 6.27. The molecular formula is C19H24N6O. The number of H-pyrrole nitrogens is 1. The summed E-state index contributed by atoms with van der Waals surface area (Å²) in [6.07, 6.45) is 0. The molecule has 0 atom stereocenters. The average molecular weight is 352 g/mol. The van der Waals surface area contributed by atoms with Crippen molar-refractivity contribution < 1.29 is 4.79 Å². The number of hydrogen-bond donors (Lipinski definition) is 3. The molecule has 3 N–H and O–H groups in total. The molecule has 0 fully saturated rings. The first-order valence-corrected chi connectivity index (χ1v) is 8.66. The number of anilines is 1. The van der Waals surface area contributed by atoms with E-state index in [0.717, 1.165) is 47.0 Å². The Balaban J connectivity index is 1.76. The van der Waals surface area contributed by atoms with Crippen LogP contribution in [0.3, 0.4) is 0 Å². The smallest absolute Gasteiger partial charge is 0.273 e. The van der Waals surface area contributed by atoms with Gasteiger partial charge in [0.15, 0.2) is 0 Å². The van der Waals surface area contributed by atoms with Gasteiger partial charge in [-0.2, -0.15) is 10.2 Å². The van der Waals surface area contributed by atoms with Gasteiger partial charge in [0, 0.05) is 30.5 Å². The van der Waals surface area contributed by atoms with Crippen LogP contribution in [0.15, 0.2) is 30.3 Å². The zero-order chi connectivity index (χ0) is 18.7. The Hall–Kier alpha value is -2.93. The first kappa shape index (κ1) is 17.9. The van der Waals surface area contributed by atoms with Crippen LogP contribution in [-0.2, 0) is 13.6 Å². The van der Waals surface area contributed by atoms with E-state index in [4.69, 9.17) is 0 Å². The zero-order valence-corrected chi connectivity index (χ0v) is 15.6. The molecule has 3 rings (SSSR count). The molecule has 7 heteroatoms. The van der Waals surface area contributed by atoms with Crippen molar-refractivity contribution in [1.82, 2.24) is 25.3 Å². The molecule has 1 aromatic carbocycles. The molecule has 2 aromatic heterocycles. The van der Waals surface area contributed by atoms with Crippen molar-refractivity contribution >= 4 is 11.6 Å². The summed E-state index contributed by atoms with van der Waals surface area (Å²) < 4.78 is 1.81. The van der Waals surface area contributed by atoms with Crippen LogP contribution in [0.1, 0.15) is 34.4 Å². The molecule has 0 spiro atoms. The molecule has 26 heavy (non-hydrogen) atoms. The third kappa shape index (κ3) is 3.67. The molecule has 0 aliphatic heterocycles. The lowest BCUT2D eigenvalue weighted by molar-refractivity contribution is 0.102. The standard InChI is InChI=1S/C19H24N6O/c1-5-20-11-14-7-6-8-15(9-14)21-19(26)17-10-16(22-23-17)18-12(2)24-25(4)13(18)3/h6-10,20H,5,11H2,1-4H3,(H,21,26)(H,22,23). The summed E-state index contributed by atoms with van der Waals surface area (Å²) in [5, 5.41) is 17.7. The molecule has 0 saturated carbocycles. The van der Waals surface area contributed by atoms with Gasteiger partial charge in [-0.15, -0.1) is 0 Å². The van der Waals surface area contributed by atoms with Crippen LogP contribution in [0.25, 0.3) is 11.3 Å². The lowest BCUT2D eigenvalue weighted by Gasteiger charge is -2.07. The number of carbonyl (C=O) groups excluding carboxylic acids is 1. The highest BCUT2D eigenvalue weighted by Crippen LogP contribution is 2.25. The van der Waals surface area contributed by atoms with Crippen LogP contribution < -0.4 is 10.6 Å². The molecule has 0 aliphatic carbocycles. The van der Waals surface area contributed by atoms with E-state index in [1.165, 1.54) is 0 Å². The SMILES string of the molecule is CCNCc1cccc(NC(=O)c2cc(-c3c(C)nn(C)c3C)n[nH]2)c1. The van der Waals surface area contributed by atoms with Gasteiger partial charge in [0.05, 0.1) is 11.4 Å². The van der Waals surface area contributed by atoms with Gasteiger partial charge in [-0.05, 0) is 44.2 Å². The molecule has 7 nitrogen and oxygen atoms in total. The molecular weight excluding hydrogens is 328 g/mol. The summed E-state index contributed by atoms with van der Waals surface area (Å²) in [6, 6.07) is 9.56. The number of carbonyl (C=O) groups is 1. The van der Waals surface area contributed by atoms with Crippen molar-refractivity contribution in [2.45, 2.75) is 27.3 Å². The van der Waals surface area contributed by atoms with Crippen LogP contribution >= 0.6 is 0 Å². The predicted molar refractivity (Wildman–Crippen MR) is 102 cm³/mol. The zero-order valence-electron chi connectivity index (χ0n) is 15.6. The Labute approximate surface area is 152 Å². The van der Waals surface area contributed by atoms with Crippen LogP contribution in [0, 0.1) is 13.8 Å². The minimum atomic E-state index is -0.219. The number of hydrogen-bond acceptors (Lipinski definition) is 4. The molecule has 136 valence electrons. The summed E-state index contributed by atoms with van der Waals surface area (Å²) in [5.74, 6) is -0.219. The number of aromatic amines is 1. The van der Waals surface area contributed by atoms with Gasteiger partial charge in [0.1, 0.15) is 5.69 Å². The molecule has 0 radical (unpaired) electrons. The predicted octanol–water partition coefficient (Wildman–Crippen LogP) is 2.79. The van der Waals surface area contributed by atoms with Crippen molar-refractivity contribution in [2.24, 2.45) is 7.05 Å². The van der Waals surface area contributed by atoms with E-state index in [-0.39, 0.29) is 5.91 Å². The highest BCUT2D eigenvalue weighted by atomic mass is 16.1. The third-order valence-electron chi connectivity index (χ3n) is 4.35. The maximum atomic E-state index is 12.5. The Morgan fingerprint density at radius 2 is 2.08 bits per heavy atom. The second kappa shape index (κ2) is 7.53. The molecule has 0 aliphatic rings. The molecule has 1 amide bonds. The van der Waals surface area contributed by atoms with Crippen molar-refractivity contribution in [1.29, 1.82) is 0 Å². The van der Waals surface area contributed by atoms with E-state index < -0.39 is 0 Å². The summed E-state index contributed by atoms with van der Waals surface area (Å²) >= 11 is 0. The Bertz CT molecular complexity index is 924. The number of aryl methyl sites for hydroxylation is 2.